The van der Waals surface area contributed by atoms with Crippen LogP contribution in [0, 0.1) is 0 Å². The Balaban J connectivity index is 1.83. The lowest BCUT2D eigenvalue weighted by Crippen LogP contribution is -2.00. The monoisotopic (exact) mass is 540 g/mol. The van der Waals surface area contributed by atoms with Crippen LogP contribution in [0.4, 0.5) is 0 Å². The first kappa shape index (κ1) is 20.8. The molecular weight excluding hydrogens is 524 g/mol. The molecule has 0 atom stereocenters. The second kappa shape index (κ2) is 9.19. The van der Waals surface area contributed by atoms with Crippen LogP contribution in [-0.2, 0) is 0 Å². The van der Waals surface area contributed by atoms with Gasteiger partial charge >= 0.3 is 0 Å². The van der Waals surface area contributed by atoms with Gasteiger partial charge in [0.2, 0.25) is 0 Å². The summed E-state index contributed by atoms with van der Waals surface area (Å²) in [7, 11) is 0. The zero-order valence-corrected chi connectivity index (χ0v) is 20.2. The van der Waals surface area contributed by atoms with Crippen molar-refractivity contribution in [3.05, 3.63) is 118 Å². The molecule has 0 N–H and O–H groups in total. The molecule has 0 aliphatic rings. The molecule has 32 heavy (non-hydrogen) atoms. The average molecular weight is 542 g/mol. The van der Waals surface area contributed by atoms with Gasteiger partial charge in [-0.25, -0.2) is 9.97 Å². The van der Waals surface area contributed by atoms with Crippen LogP contribution in [0.15, 0.2) is 118 Å². The summed E-state index contributed by atoms with van der Waals surface area (Å²) in [6.07, 6.45) is 0. The highest BCUT2D eigenvalue weighted by molar-refractivity contribution is 9.10. The molecule has 0 saturated heterocycles. The van der Waals surface area contributed by atoms with E-state index in [1.807, 2.05) is 60.7 Å². The lowest BCUT2D eigenvalue weighted by molar-refractivity contribution is 1.21. The highest BCUT2D eigenvalue weighted by Crippen LogP contribution is 2.37. The van der Waals surface area contributed by atoms with Crippen molar-refractivity contribution >= 4 is 31.9 Å². The number of halogens is 2. The fraction of sp³-hybridized carbons (Fsp3) is 0. The van der Waals surface area contributed by atoms with Gasteiger partial charge in [-0.05, 0) is 24.3 Å². The van der Waals surface area contributed by atoms with E-state index in [9.17, 15) is 0 Å². The first-order chi connectivity index (χ1) is 15.7. The first-order valence-electron chi connectivity index (χ1n) is 10.2. The molecule has 0 unspecified atom stereocenters. The molecule has 1 aromatic heterocycles. The standard InChI is InChI=1S/C28H18Br2N2/c29-23-15-11-21(12-16-23)27-25(19-7-3-1-4-8-19)31-28(22-13-17-24(30)18-14-22)26(32-27)20-9-5-2-6-10-20/h1-18H. The second-order valence-electron chi connectivity index (χ2n) is 7.36. The van der Waals surface area contributed by atoms with Gasteiger partial charge in [-0.1, -0.05) is 117 Å². The lowest BCUT2D eigenvalue weighted by atomic mass is 9.99. The molecule has 4 heteroatoms. The molecule has 2 nitrogen and oxygen atoms in total. The molecular formula is C28H18Br2N2. The predicted octanol–water partition coefficient (Wildman–Crippen LogP) is 8.67. The minimum atomic E-state index is 0.864. The van der Waals surface area contributed by atoms with E-state index in [2.05, 4.69) is 80.4 Å². The van der Waals surface area contributed by atoms with Crippen LogP contribution in [0.25, 0.3) is 45.0 Å². The Morgan fingerprint density at radius 1 is 0.344 bits per heavy atom. The third kappa shape index (κ3) is 4.29. The van der Waals surface area contributed by atoms with Gasteiger partial charge in [-0.2, -0.15) is 0 Å². The summed E-state index contributed by atoms with van der Waals surface area (Å²) < 4.78 is 2.07. The Hall–Kier alpha value is -3.08. The number of nitrogens with zero attached hydrogens (tertiary/aromatic N) is 2. The number of aromatic nitrogens is 2. The topological polar surface area (TPSA) is 25.8 Å². The van der Waals surface area contributed by atoms with E-state index in [1.165, 1.54) is 0 Å². The zero-order chi connectivity index (χ0) is 21.9. The van der Waals surface area contributed by atoms with Gasteiger partial charge < -0.3 is 0 Å². The smallest absolute Gasteiger partial charge is 0.0973 e. The maximum Gasteiger partial charge on any atom is 0.0973 e. The van der Waals surface area contributed by atoms with Crippen molar-refractivity contribution in [1.82, 2.24) is 9.97 Å². The fourth-order valence-electron chi connectivity index (χ4n) is 3.65. The quantitative estimate of drug-likeness (QED) is 0.227. The van der Waals surface area contributed by atoms with Crippen LogP contribution in [0.1, 0.15) is 0 Å². The van der Waals surface area contributed by atoms with Crippen LogP contribution in [0.3, 0.4) is 0 Å². The Labute approximate surface area is 204 Å². The van der Waals surface area contributed by atoms with E-state index in [0.717, 1.165) is 54.0 Å². The number of benzene rings is 4. The van der Waals surface area contributed by atoms with E-state index in [4.69, 9.17) is 9.97 Å². The second-order valence-corrected chi connectivity index (χ2v) is 9.20. The summed E-state index contributed by atoms with van der Waals surface area (Å²) in [5.41, 5.74) is 7.59. The highest BCUT2D eigenvalue weighted by atomic mass is 79.9. The van der Waals surface area contributed by atoms with Crippen LogP contribution in [0.2, 0.25) is 0 Å². The Morgan fingerprint density at radius 2 is 0.625 bits per heavy atom. The summed E-state index contributed by atoms with van der Waals surface area (Å²) in [5, 5.41) is 0. The van der Waals surface area contributed by atoms with Crippen molar-refractivity contribution in [3.8, 4) is 45.0 Å². The summed E-state index contributed by atoms with van der Waals surface area (Å²) in [6.45, 7) is 0. The maximum atomic E-state index is 5.23. The summed E-state index contributed by atoms with van der Waals surface area (Å²) in [5.74, 6) is 0. The average Bonchev–Trinajstić information content (AvgIpc) is 2.85. The van der Waals surface area contributed by atoms with Crippen molar-refractivity contribution in [2.45, 2.75) is 0 Å². The van der Waals surface area contributed by atoms with Crippen LogP contribution in [-0.4, -0.2) is 9.97 Å². The van der Waals surface area contributed by atoms with Crippen molar-refractivity contribution in [2.24, 2.45) is 0 Å². The van der Waals surface area contributed by atoms with Gasteiger partial charge in [0.25, 0.3) is 0 Å². The molecule has 154 valence electrons. The minimum Gasteiger partial charge on any atom is -0.243 e. The van der Waals surface area contributed by atoms with Crippen LogP contribution < -0.4 is 0 Å². The molecule has 0 saturated carbocycles. The molecule has 5 aromatic rings. The molecule has 0 spiro atoms. The van der Waals surface area contributed by atoms with Gasteiger partial charge in [0, 0.05) is 31.2 Å². The molecule has 0 aliphatic carbocycles. The Morgan fingerprint density at radius 3 is 0.938 bits per heavy atom. The maximum absolute atomic E-state index is 5.23. The van der Waals surface area contributed by atoms with Crippen molar-refractivity contribution in [1.29, 1.82) is 0 Å². The fourth-order valence-corrected chi connectivity index (χ4v) is 4.18. The lowest BCUT2D eigenvalue weighted by Gasteiger charge is -2.16. The van der Waals surface area contributed by atoms with Crippen molar-refractivity contribution in [3.63, 3.8) is 0 Å². The van der Waals surface area contributed by atoms with Crippen LogP contribution >= 0.6 is 31.9 Å². The predicted molar refractivity (Wildman–Crippen MR) is 139 cm³/mol. The zero-order valence-electron chi connectivity index (χ0n) is 17.0. The van der Waals surface area contributed by atoms with Crippen molar-refractivity contribution in [2.75, 3.05) is 0 Å². The van der Waals surface area contributed by atoms with E-state index in [-0.39, 0.29) is 0 Å². The summed E-state index contributed by atoms with van der Waals surface area (Å²) in [4.78, 5) is 10.5. The SMILES string of the molecule is Brc1ccc(-c2nc(-c3ccccc3)c(-c3ccc(Br)cc3)nc2-c2ccccc2)cc1. The molecule has 0 bridgehead atoms. The van der Waals surface area contributed by atoms with E-state index in [1.54, 1.807) is 0 Å². The summed E-state index contributed by atoms with van der Waals surface area (Å²) >= 11 is 7.08. The molecule has 0 amide bonds. The summed E-state index contributed by atoms with van der Waals surface area (Å²) in [6, 6.07) is 37.0. The van der Waals surface area contributed by atoms with Gasteiger partial charge in [-0.15, -0.1) is 0 Å². The molecule has 0 fully saturated rings. The first-order valence-corrected chi connectivity index (χ1v) is 11.8. The Kier molecular flexibility index (Phi) is 5.97. The molecule has 0 radical (unpaired) electrons. The highest BCUT2D eigenvalue weighted by Gasteiger charge is 2.19. The largest absolute Gasteiger partial charge is 0.243 e. The molecule has 0 aliphatic heterocycles. The van der Waals surface area contributed by atoms with E-state index >= 15 is 0 Å². The van der Waals surface area contributed by atoms with E-state index in [0.29, 0.717) is 0 Å². The van der Waals surface area contributed by atoms with Crippen molar-refractivity contribution < 1.29 is 0 Å². The Bertz CT molecular complexity index is 1240. The minimum absolute atomic E-state index is 0.864. The van der Waals surface area contributed by atoms with Gasteiger partial charge in [0.15, 0.2) is 0 Å². The van der Waals surface area contributed by atoms with Gasteiger partial charge in [-0.3, -0.25) is 0 Å². The normalized spacial score (nSPS) is 10.8. The third-order valence-electron chi connectivity index (χ3n) is 5.23. The van der Waals surface area contributed by atoms with Crippen LogP contribution in [0.5, 0.6) is 0 Å². The van der Waals surface area contributed by atoms with Gasteiger partial charge in [0.1, 0.15) is 0 Å². The van der Waals surface area contributed by atoms with E-state index < -0.39 is 0 Å². The van der Waals surface area contributed by atoms with Gasteiger partial charge in [0.05, 0.1) is 22.8 Å². The molecule has 4 aromatic carbocycles. The number of hydrogen-bond donors (Lipinski definition) is 0. The third-order valence-corrected chi connectivity index (χ3v) is 6.28. The number of hydrogen-bond acceptors (Lipinski definition) is 2. The number of rotatable bonds is 4. The molecule has 5 rings (SSSR count). The molecule has 1 heterocycles.